The molecule has 1 fully saturated rings. The van der Waals surface area contributed by atoms with Crippen molar-refractivity contribution >= 4 is 22.1 Å². The number of halogens is 1. The normalized spacial score (nSPS) is 16.4. The van der Waals surface area contributed by atoms with Crippen LogP contribution in [0.1, 0.15) is 30.0 Å². The number of methoxy groups -OCH3 is 1. The van der Waals surface area contributed by atoms with Crippen LogP contribution in [0.5, 0.6) is 11.5 Å². The van der Waals surface area contributed by atoms with Crippen molar-refractivity contribution in [2.24, 2.45) is 4.99 Å². The molecule has 1 saturated heterocycles. The highest BCUT2D eigenvalue weighted by Crippen LogP contribution is 2.28. The van der Waals surface area contributed by atoms with Gasteiger partial charge in [-0.05, 0) is 61.8 Å². The molecule has 0 unspecified atom stereocenters. The Morgan fingerprint density at radius 3 is 2.80 bits per heavy atom. The molecule has 0 aliphatic carbocycles. The van der Waals surface area contributed by atoms with Gasteiger partial charge < -0.3 is 9.84 Å². The molecule has 0 radical (unpaired) electrons. The van der Waals surface area contributed by atoms with Crippen LogP contribution in [0, 0.1) is 0 Å². The summed E-state index contributed by atoms with van der Waals surface area (Å²) in [7, 11) is 1.69. The van der Waals surface area contributed by atoms with E-state index in [4.69, 9.17) is 4.74 Å². The van der Waals surface area contributed by atoms with Crippen molar-refractivity contribution in [1.82, 2.24) is 4.90 Å². The molecule has 4 nitrogen and oxygen atoms in total. The van der Waals surface area contributed by atoms with Gasteiger partial charge >= 0.3 is 0 Å². The van der Waals surface area contributed by atoms with Crippen molar-refractivity contribution < 1.29 is 9.84 Å². The molecule has 0 amide bonds. The number of benzene rings is 2. The van der Waals surface area contributed by atoms with Crippen LogP contribution in [0.15, 0.2) is 51.9 Å². The van der Waals surface area contributed by atoms with Gasteiger partial charge in [-0.1, -0.05) is 28.1 Å². The summed E-state index contributed by atoms with van der Waals surface area (Å²) < 4.78 is 6.30. The highest BCUT2D eigenvalue weighted by atomic mass is 79.9. The molecule has 5 heteroatoms. The maximum atomic E-state index is 9.96. The molecule has 1 aliphatic rings. The minimum absolute atomic E-state index is 0.225. The standard InChI is InChI=1S/C20H23BrN2O2/c1-25-18-6-4-5-15(12-18)19(23-9-2-3-10-23)14-22-13-16-11-17(21)7-8-20(16)24/h4-8,11-13,19,24H,2-3,9-10,14H2,1H3/t19-/m1/s1. The summed E-state index contributed by atoms with van der Waals surface area (Å²) >= 11 is 3.43. The zero-order valence-corrected chi connectivity index (χ0v) is 15.9. The molecule has 1 N–H and O–H groups in total. The number of phenols is 1. The molecule has 132 valence electrons. The molecule has 0 bridgehead atoms. The fraction of sp³-hybridized carbons (Fsp3) is 0.350. The molecule has 0 saturated carbocycles. The summed E-state index contributed by atoms with van der Waals surface area (Å²) in [4.78, 5) is 7.11. The van der Waals surface area contributed by atoms with Crippen molar-refractivity contribution in [3.8, 4) is 11.5 Å². The first-order valence-electron chi connectivity index (χ1n) is 8.54. The fourth-order valence-corrected chi connectivity index (χ4v) is 3.59. The Morgan fingerprint density at radius 2 is 2.04 bits per heavy atom. The van der Waals surface area contributed by atoms with E-state index in [0.29, 0.717) is 6.54 Å². The molecule has 25 heavy (non-hydrogen) atoms. The monoisotopic (exact) mass is 402 g/mol. The lowest BCUT2D eigenvalue weighted by Crippen LogP contribution is -2.27. The van der Waals surface area contributed by atoms with Crippen molar-refractivity contribution in [3.63, 3.8) is 0 Å². The fourth-order valence-electron chi connectivity index (χ4n) is 3.21. The van der Waals surface area contributed by atoms with Gasteiger partial charge in [0.15, 0.2) is 0 Å². The summed E-state index contributed by atoms with van der Waals surface area (Å²) in [6, 6.07) is 13.8. The molecule has 0 aromatic heterocycles. The lowest BCUT2D eigenvalue weighted by molar-refractivity contribution is 0.251. The van der Waals surface area contributed by atoms with Crippen molar-refractivity contribution in [2.75, 3.05) is 26.7 Å². The zero-order valence-electron chi connectivity index (χ0n) is 14.4. The molecule has 1 heterocycles. The summed E-state index contributed by atoms with van der Waals surface area (Å²) in [5.74, 6) is 1.11. The van der Waals surface area contributed by atoms with Crippen LogP contribution in [0.3, 0.4) is 0 Å². The third kappa shape index (κ3) is 4.61. The van der Waals surface area contributed by atoms with Crippen molar-refractivity contribution in [1.29, 1.82) is 0 Å². The van der Waals surface area contributed by atoms with Crippen LogP contribution >= 0.6 is 15.9 Å². The smallest absolute Gasteiger partial charge is 0.124 e. The van der Waals surface area contributed by atoms with Crippen LogP contribution in [-0.4, -0.2) is 43.0 Å². The topological polar surface area (TPSA) is 45.1 Å². The van der Waals surface area contributed by atoms with Crippen LogP contribution < -0.4 is 4.74 Å². The van der Waals surface area contributed by atoms with Gasteiger partial charge in [0.25, 0.3) is 0 Å². The van der Waals surface area contributed by atoms with E-state index in [1.54, 1.807) is 19.4 Å². The number of ether oxygens (including phenoxy) is 1. The summed E-state index contributed by atoms with van der Waals surface area (Å²) in [5.41, 5.74) is 1.94. The average Bonchev–Trinajstić information content (AvgIpc) is 3.16. The van der Waals surface area contributed by atoms with Gasteiger partial charge in [-0.15, -0.1) is 0 Å². The van der Waals surface area contributed by atoms with E-state index in [2.05, 4.69) is 38.0 Å². The number of aliphatic imine (C=N–C) groups is 1. The van der Waals surface area contributed by atoms with Crippen LogP contribution in [0.4, 0.5) is 0 Å². The third-order valence-electron chi connectivity index (χ3n) is 4.56. The number of hydrogen-bond donors (Lipinski definition) is 1. The number of hydrogen-bond acceptors (Lipinski definition) is 4. The Balaban J connectivity index is 1.80. The molecule has 3 rings (SSSR count). The molecule has 2 aromatic rings. The van der Waals surface area contributed by atoms with Gasteiger partial charge in [-0.25, -0.2) is 0 Å². The van der Waals surface area contributed by atoms with E-state index in [-0.39, 0.29) is 11.8 Å². The Bertz CT molecular complexity index is 742. The molecule has 2 aromatic carbocycles. The molecule has 1 atom stereocenters. The maximum absolute atomic E-state index is 9.96. The zero-order chi connectivity index (χ0) is 17.6. The Hall–Kier alpha value is -1.85. The van der Waals surface area contributed by atoms with Gasteiger partial charge in [-0.2, -0.15) is 0 Å². The van der Waals surface area contributed by atoms with Crippen LogP contribution in [0.25, 0.3) is 0 Å². The second-order valence-electron chi connectivity index (χ2n) is 6.23. The Kier molecular flexibility index (Phi) is 6.10. The van der Waals surface area contributed by atoms with E-state index in [1.165, 1.54) is 18.4 Å². The predicted molar refractivity (Wildman–Crippen MR) is 105 cm³/mol. The third-order valence-corrected chi connectivity index (χ3v) is 5.05. The SMILES string of the molecule is COc1cccc([C@@H](CN=Cc2cc(Br)ccc2O)N2CCCC2)c1. The van der Waals surface area contributed by atoms with E-state index in [1.807, 2.05) is 24.3 Å². The average molecular weight is 403 g/mol. The number of rotatable bonds is 6. The van der Waals surface area contributed by atoms with Crippen molar-refractivity contribution in [3.05, 3.63) is 58.1 Å². The van der Waals surface area contributed by atoms with Crippen molar-refractivity contribution in [2.45, 2.75) is 18.9 Å². The van der Waals surface area contributed by atoms with Gasteiger partial charge in [0.2, 0.25) is 0 Å². The highest BCUT2D eigenvalue weighted by molar-refractivity contribution is 9.10. The quantitative estimate of drug-likeness (QED) is 0.727. The summed E-state index contributed by atoms with van der Waals surface area (Å²) in [6.07, 6.45) is 4.22. The van der Waals surface area contributed by atoms with Crippen LogP contribution in [-0.2, 0) is 0 Å². The number of aromatic hydroxyl groups is 1. The highest BCUT2D eigenvalue weighted by Gasteiger charge is 2.23. The lowest BCUT2D eigenvalue weighted by Gasteiger charge is -2.26. The summed E-state index contributed by atoms with van der Waals surface area (Å²) in [6.45, 7) is 2.85. The van der Waals surface area contributed by atoms with Gasteiger partial charge in [0.05, 0.1) is 19.7 Å². The van der Waals surface area contributed by atoms with E-state index in [0.717, 1.165) is 28.9 Å². The van der Waals surface area contributed by atoms with E-state index in [9.17, 15) is 5.11 Å². The predicted octanol–water partition coefficient (Wildman–Crippen LogP) is 4.42. The first-order valence-corrected chi connectivity index (χ1v) is 9.33. The largest absolute Gasteiger partial charge is 0.507 e. The second kappa shape index (κ2) is 8.50. The van der Waals surface area contributed by atoms with Crippen LogP contribution in [0.2, 0.25) is 0 Å². The van der Waals surface area contributed by atoms with Gasteiger partial charge in [0, 0.05) is 16.3 Å². The van der Waals surface area contributed by atoms with E-state index >= 15 is 0 Å². The Morgan fingerprint density at radius 1 is 1.24 bits per heavy atom. The number of phenolic OH excluding ortho intramolecular Hbond substituents is 1. The lowest BCUT2D eigenvalue weighted by atomic mass is 10.1. The minimum atomic E-state index is 0.225. The first kappa shape index (κ1) is 18.0. The second-order valence-corrected chi connectivity index (χ2v) is 7.15. The van der Waals surface area contributed by atoms with Gasteiger partial charge in [-0.3, -0.25) is 9.89 Å². The Labute approximate surface area is 157 Å². The van der Waals surface area contributed by atoms with E-state index < -0.39 is 0 Å². The van der Waals surface area contributed by atoms with Gasteiger partial charge in [0.1, 0.15) is 11.5 Å². The summed E-state index contributed by atoms with van der Waals surface area (Å²) in [5, 5.41) is 9.96. The minimum Gasteiger partial charge on any atom is -0.507 e. The molecular weight excluding hydrogens is 380 g/mol. The number of likely N-dealkylation sites (tertiary alicyclic amines) is 1. The first-order chi connectivity index (χ1) is 12.2. The number of nitrogens with zero attached hydrogens (tertiary/aromatic N) is 2. The molecular formula is C20H23BrN2O2. The molecule has 1 aliphatic heterocycles. The maximum Gasteiger partial charge on any atom is 0.124 e. The molecule has 0 spiro atoms.